The van der Waals surface area contributed by atoms with Crippen LogP contribution in [0.3, 0.4) is 0 Å². The Kier molecular flexibility index (Phi) is 3.93. The molecule has 0 saturated heterocycles. The number of imide groups is 1. The number of halogens is 2. The Bertz CT molecular complexity index is 859. The van der Waals surface area contributed by atoms with Gasteiger partial charge in [0, 0.05) is 21.6 Å². The summed E-state index contributed by atoms with van der Waals surface area (Å²) in [5, 5.41) is 10.5. The molecule has 0 spiro atoms. The quantitative estimate of drug-likeness (QED) is 0.432. The van der Waals surface area contributed by atoms with Crippen molar-refractivity contribution in [2.75, 3.05) is 4.90 Å². The Morgan fingerprint density at radius 2 is 1.83 bits per heavy atom. The minimum atomic E-state index is -0.658. The van der Waals surface area contributed by atoms with Crippen LogP contribution in [-0.2, 0) is 9.59 Å². The smallest absolute Gasteiger partial charge is 0.269 e. The molecule has 1 aliphatic heterocycles. The fourth-order valence-corrected chi connectivity index (χ4v) is 2.89. The van der Waals surface area contributed by atoms with Crippen LogP contribution in [0.2, 0.25) is 0 Å². The summed E-state index contributed by atoms with van der Waals surface area (Å²) in [6.07, 6.45) is 0. The molecule has 1 N–H and O–H groups in total. The second-order valence-corrected chi connectivity index (χ2v) is 6.30. The SMILES string of the molecule is CC(=O)N1C(=O)C(=C(O)c2ccc(I)cc2)c2ccc(F)cc21. The number of carbonyl (C=O) groups excluding carboxylic acids is 2. The summed E-state index contributed by atoms with van der Waals surface area (Å²) in [6, 6.07) is 10.6. The molecule has 0 fully saturated rings. The lowest BCUT2D eigenvalue weighted by Gasteiger charge is -2.11. The van der Waals surface area contributed by atoms with Gasteiger partial charge in [-0.3, -0.25) is 9.59 Å². The van der Waals surface area contributed by atoms with E-state index in [1.54, 1.807) is 24.3 Å². The standard InChI is InChI=1S/C17H11FINO3/c1-9(21)20-14-8-11(18)4-7-13(14)15(17(20)23)16(22)10-2-5-12(19)6-3-10/h2-8,22H,1H3. The number of benzene rings is 2. The van der Waals surface area contributed by atoms with Crippen LogP contribution < -0.4 is 4.90 Å². The van der Waals surface area contributed by atoms with E-state index < -0.39 is 17.6 Å². The molecular formula is C17H11FINO3. The number of nitrogens with zero attached hydrogens (tertiary/aromatic N) is 1. The monoisotopic (exact) mass is 423 g/mol. The topological polar surface area (TPSA) is 57.6 Å². The maximum Gasteiger partial charge on any atom is 0.269 e. The third-order valence-electron chi connectivity index (χ3n) is 3.56. The van der Waals surface area contributed by atoms with E-state index in [9.17, 15) is 19.1 Å². The summed E-state index contributed by atoms with van der Waals surface area (Å²) in [7, 11) is 0. The van der Waals surface area contributed by atoms with Crippen LogP contribution in [0.5, 0.6) is 0 Å². The van der Waals surface area contributed by atoms with E-state index in [0.717, 1.165) is 14.5 Å². The molecule has 4 nitrogen and oxygen atoms in total. The van der Waals surface area contributed by atoms with Crippen LogP contribution in [0, 0.1) is 9.39 Å². The maximum absolute atomic E-state index is 13.5. The average molecular weight is 423 g/mol. The molecule has 0 unspecified atom stereocenters. The van der Waals surface area contributed by atoms with E-state index in [1.165, 1.54) is 19.1 Å². The van der Waals surface area contributed by atoms with Crippen molar-refractivity contribution in [1.29, 1.82) is 0 Å². The number of hydrogen-bond donors (Lipinski definition) is 1. The minimum Gasteiger partial charge on any atom is -0.506 e. The first kappa shape index (κ1) is 15.7. The summed E-state index contributed by atoms with van der Waals surface area (Å²) in [5.74, 6) is -1.98. The molecule has 2 aromatic rings. The van der Waals surface area contributed by atoms with Crippen LogP contribution in [0.25, 0.3) is 11.3 Å². The van der Waals surface area contributed by atoms with Crippen LogP contribution in [0.15, 0.2) is 42.5 Å². The van der Waals surface area contributed by atoms with E-state index >= 15 is 0 Å². The van der Waals surface area contributed by atoms with Crippen molar-refractivity contribution in [3.05, 3.63) is 63.0 Å². The second-order valence-electron chi connectivity index (χ2n) is 5.05. The number of aliphatic hydroxyl groups excluding tert-OH is 1. The molecular weight excluding hydrogens is 412 g/mol. The zero-order chi connectivity index (χ0) is 16.7. The Labute approximate surface area is 145 Å². The highest BCUT2D eigenvalue weighted by atomic mass is 127. The molecule has 6 heteroatoms. The predicted molar refractivity (Wildman–Crippen MR) is 93.2 cm³/mol. The van der Waals surface area contributed by atoms with E-state index in [2.05, 4.69) is 22.6 Å². The van der Waals surface area contributed by atoms with Gasteiger partial charge in [-0.2, -0.15) is 0 Å². The molecule has 0 aliphatic carbocycles. The van der Waals surface area contributed by atoms with Gasteiger partial charge in [0.25, 0.3) is 5.91 Å². The Morgan fingerprint density at radius 1 is 1.17 bits per heavy atom. The fourth-order valence-electron chi connectivity index (χ4n) is 2.53. The third-order valence-corrected chi connectivity index (χ3v) is 4.28. The number of amides is 2. The normalized spacial score (nSPS) is 15.6. The number of aliphatic hydroxyl groups is 1. The van der Waals surface area contributed by atoms with Gasteiger partial charge < -0.3 is 5.11 Å². The van der Waals surface area contributed by atoms with Crippen LogP contribution >= 0.6 is 22.6 Å². The van der Waals surface area contributed by atoms with Crippen LogP contribution in [-0.4, -0.2) is 16.9 Å². The first-order valence-electron chi connectivity index (χ1n) is 6.74. The van der Waals surface area contributed by atoms with Gasteiger partial charge in [0.2, 0.25) is 5.91 Å². The van der Waals surface area contributed by atoms with E-state index in [0.29, 0.717) is 11.1 Å². The fraction of sp³-hybridized carbons (Fsp3) is 0.0588. The van der Waals surface area contributed by atoms with Crippen LogP contribution in [0.4, 0.5) is 10.1 Å². The molecule has 1 aliphatic rings. The molecule has 0 radical (unpaired) electrons. The van der Waals surface area contributed by atoms with Gasteiger partial charge in [-0.15, -0.1) is 0 Å². The van der Waals surface area contributed by atoms with Crippen LogP contribution in [0.1, 0.15) is 18.1 Å². The highest BCUT2D eigenvalue weighted by Crippen LogP contribution is 2.40. The third kappa shape index (κ3) is 2.63. The maximum atomic E-state index is 13.5. The van der Waals surface area contributed by atoms with Crippen molar-refractivity contribution >= 4 is 51.4 Å². The lowest BCUT2D eigenvalue weighted by molar-refractivity contribution is -0.122. The van der Waals surface area contributed by atoms with Crippen molar-refractivity contribution in [2.24, 2.45) is 0 Å². The molecule has 0 aromatic heterocycles. The van der Waals surface area contributed by atoms with Gasteiger partial charge in [-0.25, -0.2) is 9.29 Å². The predicted octanol–water partition coefficient (Wildman–Crippen LogP) is 3.75. The number of carbonyl (C=O) groups is 2. The van der Waals surface area contributed by atoms with Crippen molar-refractivity contribution in [2.45, 2.75) is 6.92 Å². The van der Waals surface area contributed by atoms with Crippen molar-refractivity contribution in [3.63, 3.8) is 0 Å². The molecule has 3 rings (SSSR count). The average Bonchev–Trinajstić information content (AvgIpc) is 2.78. The summed E-state index contributed by atoms with van der Waals surface area (Å²) in [6.45, 7) is 1.22. The highest BCUT2D eigenvalue weighted by molar-refractivity contribution is 14.1. The molecule has 23 heavy (non-hydrogen) atoms. The van der Waals surface area contributed by atoms with Gasteiger partial charge in [0.1, 0.15) is 11.6 Å². The molecule has 1 heterocycles. The first-order valence-corrected chi connectivity index (χ1v) is 7.82. The summed E-state index contributed by atoms with van der Waals surface area (Å²) in [5.41, 5.74) is 0.933. The number of rotatable bonds is 1. The molecule has 0 atom stereocenters. The molecule has 0 bridgehead atoms. The molecule has 0 saturated carbocycles. The minimum absolute atomic E-state index is 0.00333. The number of hydrogen-bond acceptors (Lipinski definition) is 3. The van der Waals surface area contributed by atoms with Crippen molar-refractivity contribution in [3.8, 4) is 0 Å². The zero-order valence-electron chi connectivity index (χ0n) is 12.0. The number of fused-ring (bicyclic) bond motifs is 1. The largest absolute Gasteiger partial charge is 0.506 e. The Hall–Kier alpha value is -2.22. The Balaban J connectivity index is 2.24. The molecule has 2 amide bonds. The van der Waals surface area contributed by atoms with E-state index in [1.807, 2.05) is 0 Å². The summed E-state index contributed by atoms with van der Waals surface area (Å²) < 4.78 is 14.5. The molecule has 2 aromatic carbocycles. The molecule has 116 valence electrons. The van der Waals surface area contributed by atoms with Gasteiger partial charge >= 0.3 is 0 Å². The second kappa shape index (κ2) is 5.77. The van der Waals surface area contributed by atoms with Crippen molar-refractivity contribution in [1.82, 2.24) is 0 Å². The summed E-state index contributed by atoms with van der Waals surface area (Å²) >= 11 is 2.13. The van der Waals surface area contributed by atoms with Crippen molar-refractivity contribution < 1.29 is 19.1 Å². The van der Waals surface area contributed by atoms with E-state index in [-0.39, 0.29) is 17.0 Å². The Morgan fingerprint density at radius 3 is 2.43 bits per heavy atom. The van der Waals surface area contributed by atoms with Gasteiger partial charge in [-0.1, -0.05) is 12.1 Å². The lowest BCUT2D eigenvalue weighted by Crippen LogP contribution is -2.31. The van der Waals surface area contributed by atoms with E-state index in [4.69, 9.17) is 0 Å². The summed E-state index contributed by atoms with van der Waals surface area (Å²) in [4.78, 5) is 25.2. The highest BCUT2D eigenvalue weighted by Gasteiger charge is 2.37. The number of anilines is 1. The van der Waals surface area contributed by atoms with Gasteiger partial charge in [0.15, 0.2) is 0 Å². The first-order chi connectivity index (χ1) is 10.9. The lowest BCUT2D eigenvalue weighted by atomic mass is 10.0. The van der Waals surface area contributed by atoms with Gasteiger partial charge in [-0.05, 0) is 52.9 Å². The zero-order valence-corrected chi connectivity index (χ0v) is 14.2. The van der Waals surface area contributed by atoms with Gasteiger partial charge in [0.05, 0.1) is 11.3 Å².